The summed E-state index contributed by atoms with van der Waals surface area (Å²) in [6.45, 7) is 4.02. The minimum absolute atomic E-state index is 0.496. The Labute approximate surface area is 131 Å². The van der Waals surface area contributed by atoms with Gasteiger partial charge in [0.15, 0.2) is 0 Å². The molecule has 8 heteroatoms. The van der Waals surface area contributed by atoms with E-state index in [1.807, 2.05) is 13.8 Å². The lowest BCUT2D eigenvalue weighted by molar-refractivity contribution is 0.813. The molecule has 3 aromatic rings. The van der Waals surface area contributed by atoms with Crippen molar-refractivity contribution < 1.29 is 0 Å². The molecular formula is C14H13N7S. The maximum absolute atomic E-state index is 9.48. The predicted octanol–water partition coefficient (Wildman–Crippen LogP) is 2.06. The molecule has 0 spiro atoms. The minimum Gasteiger partial charge on any atom is -0.220 e. The SMILES string of the molecule is CCc1nnc(Sc2nc3ncccn3n2)c(C#N)c1CC. The molecule has 0 saturated carbocycles. The number of hydrogen-bond acceptors (Lipinski definition) is 7. The number of fused-ring (bicyclic) bond motifs is 1. The molecule has 0 fully saturated rings. The van der Waals surface area contributed by atoms with Crippen LogP contribution >= 0.6 is 11.8 Å². The third kappa shape index (κ3) is 2.51. The summed E-state index contributed by atoms with van der Waals surface area (Å²) in [6.07, 6.45) is 4.93. The predicted molar refractivity (Wildman–Crippen MR) is 80.4 cm³/mol. The highest BCUT2D eigenvalue weighted by molar-refractivity contribution is 7.99. The van der Waals surface area contributed by atoms with Crippen LogP contribution in [0.3, 0.4) is 0 Å². The Morgan fingerprint density at radius 2 is 2.14 bits per heavy atom. The van der Waals surface area contributed by atoms with Crippen LogP contribution in [0.25, 0.3) is 5.78 Å². The molecule has 0 radical (unpaired) electrons. The molecule has 0 aliphatic heterocycles. The van der Waals surface area contributed by atoms with Gasteiger partial charge >= 0.3 is 0 Å². The monoisotopic (exact) mass is 311 g/mol. The van der Waals surface area contributed by atoms with Crippen molar-refractivity contribution in [3.05, 3.63) is 35.3 Å². The summed E-state index contributed by atoms with van der Waals surface area (Å²) in [5, 5.41) is 23.2. The van der Waals surface area contributed by atoms with Crippen molar-refractivity contribution >= 4 is 17.5 Å². The molecule has 7 nitrogen and oxygen atoms in total. The molecule has 22 heavy (non-hydrogen) atoms. The lowest BCUT2D eigenvalue weighted by atomic mass is 10.1. The molecule has 0 bridgehead atoms. The van der Waals surface area contributed by atoms with Crippen LogP contribution < -0.4 is 0 Å². The Bertz CT molecular complexity index is 832. The minimum atomic E-state index is 0.496. The molecule has 0 N–H and O–H groups in total. The van der Waals surface area contributed by atoms with Crippen molar-refractivity contribution in [2.45, 2.75) is 36.9 Å². The van der Waals surface area contributed by atoms with Gasteiger partial charge in [-0.3, -0.25) is 0 Å². The van der Waals surface area contributed by atoms with Crippen molar-refractivity contribution in [2.24, 2.45) is 0 Å². The van der Waals surface area contributed by atoms with Crippen molar-refractivity contribution in [1.82, 2.24) is 29.8 Å². The van der Waals surface area contributed by atoms with E-state index < -0.39 is 0 Å². The number of nitriles is 1. The molecule has 0 aromatic carbocycles. The van der Waals surface area contributed by atoms with Gasteiger partial charge in [0.25, 0.3) is 5.78 Å². The molecule has 0 atom stereocenters. The van der Waals surface area contributed by atoms with Gasteiger partial charge in [0, 0.05) is 12.4 Å². The second-order valence-corrected chi connectivity index (χ2v) is 5.44. The van der Waals surface area contributed by atoms with E-state index >= 15 is 0 Å². The van der Waals surface area contributed by atoms with Gasteiger partial charge < -0.3 is 0 Å². The van der Waals surface area contributed by atoms with Gasteiger partial charge in [0.1, 0.15) is 11.1 Å². The first-order chi connectivity index (χ1) is 10.8. The third-order valence-corrected chi connectivity index (χ3v) is 4.05. The first-order valence-electron chi connectivity index (χ1n) is 6.90. The van der Waals surface area contributed by atoms with Crippen LogP contribution in [-0.2, 0) is 12.8 Å². The number of aryl methyl sites for hydroxylation is 1. The van der Waals surface area contributed by atoms with Gasteiger partial charge in [-0.2, -0.15) is 15.3 Å². The molecule has 0 aliphatic rings. The topological polar surface area (TPSA) is 92.7 Å². The number of hydrogen-bond donors (Lipinski definition) is 0. The smallest absolute Gasteiger partial charge is 0.220 e. The Morgan fingerprint density at radius 1 is 1.27 bits per heavy atom. The van der Waals surface area contributed by atoms with Crippen molar-refractivity contribution in [3.63, 3.8) is 0 Å². The van der Waals surface area contributed by atoms with Crippen LogP contribution in [0.15, 0.2) is 28.6 Å². The van der Waals surface area contributed by atoms with Gasteiger partial charge in [-0.05, 0) is 36.2 Å². The van der Waals surface area contributed by atoms with E-state index in [4.69, 9.17) is 0 Å². The summed E-state index contributed by atoms with van der Waals surface area (Å²) < 4.78 is 1.59. The summed E-state index contributed by atoms with van der Waals surface area (Å²) in [6, 6.07) is 4.02. The summed E-state index contributed by atoms with van der Waals surface area (Å²) in [5.41, 5.74) is 2.38. The molecule has 3 heterocycles. The fraction of sp³-hybridized carbons (Fsp3) is 0.286. The Kier molecular flexibility index (Phi) is 3.98. The lowest BCUT2D eigenvalue weighted by Crippen LogP contribution is -2.04. The Hall–Kier alpha value is -2.53. The molecule has 110 valence electrons. The van der Waals surface area contributed by atoms with E-state index in [-0.39, 0.29) is 0 Å². The second-order valence-electron chi connectivity index (χ2n) is 4.49. The standard InChI is InChI=1S/C14H13N7S/c1-3-9-10(8-15)12(19-18-11(9)4-2)22-14-17-13-16-6-5-7-21(13)20-14/h5-7H,3-4H2,1-2H3. The van der Waals surface area contributed by atoms with E-state index in [0.29, 0.717) is 21.5 Å². The fourth-order valence-electron chi connectivity index (χ4n) is 2.18. The second kappa shape index (κ2) is 6.07. The summed E-state index contributed by atoms with van der Waals surface area (Å²) >= 11 is 1.23. The zero-order valence-corrected chi connectivity index (χ0v) is 13.0. The van der Waals surface area contributed by atoms with Gasteiger partial charge in [-0.1, -0.05) is 13.8 Å². The molecule has 0 amide bonds. The van der Waals surface area contributed by atoms with Crippen LogP contribution in [0, 0.1) is 11.3 Å². The summed E-state index contributed by atoms with van der Waals surface area (Å²) in [5.74, 6) is 0.511. The third-order valence-electron chi connectivity index (χ3n) is 3.21. The molecule has 0 saturated heterocycles. The molecule has 3 rings (SSSR count). The Morgan fingerprint density at radius 3 is 2.82 bits per heavy atom. The summed E-state index contributed by atoms with van der Waals surface area (Å²) in [4.78, 5) is 8.43. The van der Waals surface area contributed by atoms with Crippen LogP contribution in [-0.4, -0.2) is 29.8 Å². The van der Waals surface area contributed by atoms with Crippen molar-refractivity contribution in [1.29, 1.82) is 5.26 Å². The zero-order valence-electron chi connectivity index (χ0n) is 12.2. The molecule has 0 aliphatic carbocycles. The van der Waals surface area contributed by atoms with Crippen LogP contribution in [0.5, 0.6) is 0 Å². The lowest BCUT2D eigenvalue weighted by Gasteiger charge is -2.08. The van der Waals surface area contributed by atoms with Crippen molar-refractivity contribution in [2.75, 3.05) is 0 Å². The summed E-state index contributed by atoms with van der Waals surface area (Å²) in [7, 11) is 0. The van der Waals surface area contributed by atoms with E-state index in [9.17, 15) is 5.26 Å². The van der Waals surface area contributed by atoms with Gasteiger partial charge in [0.2, 0.25) is 5.16 Å². The Balaban J connectivity index is 2.03. The fourth-order valence-corrected chi connectivity index (χ4v) is 2.97. The quantitative estimate of drug-likeness (QED) is 0.728. The zero-order chi connectivity index (χ0) is 15.5. The maximum Gasteiger partial charge on any atom is 0.253 e. The average molecular weight is 311 g/mol. The van der Waals surface area contributed by atoms with Crippen LogP contribution in [0.1, 0.15) is 30.7 Å². The molecular weight excluding hydrogens is 298 g/mol. The van der Waals surface area contributed by atoms with Gasteiger partial charge in [0.05, 0.1) is 11.3 Å². The highest BCUT2D eigenvalue weighted by atomic mass is 32.2. The largest absolute Gasteiger partial charge is 0.253 e. The van der Waals surface area contributed by atoms with E-state index in [1.54, 1.807) is 23.0 Å². The van der Waals surface area contributed by atoms with Crippen LogP contribution in [0.2, 0.25) is 0 Å². The highest BCUT2D eigenvalue weighted by Gasteiger charge is 2.17. The normalized spacial score (nSPS) is 10.8. The van der Waals surface area contributed by atoms with E-state index in [1.165, 1.54) is 11.8 Å². The van der Waals surface area contributed by atoms with Crippen molar-refractivity contribution in [3.8, 4) is 6.07 Å². The average Bonchev–Trinajstić information content (AvgIpc) is 2.96. The molecule has 3 aromatic heterocycles. The maximum atomic E-state index is 9.48. The highest BCUT2D eigenvalue weighted by Crippen LogP contribution is 2.28. The first kappa shape index (κ1) is 14.4. The van der Waals surface area contributed by atoms with Gasteiger partial charge in [-0.15, -0.1) is 10.2 Å². The van der Waals surface area contributed by atoms with E-state index in [2.05, 4.69) is 31.3 Å². The first-order valence-corrected chi connectivity index (χ1v) is 7.72. The number of rotatable bonds is 4. The number of aromatic nitrogens is 6. The molecule has 0 unspecified atom stereocenters. The number of nitrogens with zero attached hydrogens (tertiary/aromatic N) is 7. The van der Waals surface area contributed by atoms with Crippen LogP contribution in [0.4, 0.5) is 0 Å². The van der Waals surface area contributed by atoms with Gasteiger partial charge in [-0.25, -0.2) is 9.50 Å². The van der Waals surface area contributed by atoms with E-state index in [0.717, 1.165) is 24.1 Å².